The van der Waals surface area contributed by atoms with Crippen molar-refractivity contribution in [1.82, 2.24) is 0 Å². The number of thioether (sulfide) groups is 1. The highest BCUT2D eigenvalue weighted by atomic mass is 32.2. The van der Waals surface area contributed by atoms with Crippen molar-refractivity contribution in [2.24, 2.45) is 29.6 Å². The van der Waals surface area contributed by atoms with Gasteiger partial charge in [0.1, 0.15) is 0 Å². The normalized spacial score (nSPS) is 39.9. The van der Waals surface area contributed by atoms with Crippen LogP contribution in [0.2, 0.25) is 0 Å². The summed E-state index contributed by atoms with van der Waals surface area (Å²) in [5.74, 6) is 4.78. The van der Waals surface area contributed by atoms with Crippen LogP contribution in [0.25, 0.3) is 0 Å². The largest absolute Gasteiger partial charge is 0.155 e. The maximum absolute atomic E-state index is 2.56. The van der Waals surface area contributed by atoms with Crippen LogP contribution in [0, 0.1) is 29.6 Å². The Morgan fingerprint density at radius 1 is 0.762 bits per heavy atom. The Labute approximate surface area is 139 Å². The lowest BCUT2D eigenvalue weighted by Crippen LogP contribution is -2.36. The summed E-state index contributed by atoms with van der Waals surface area (Å²) in [5, 5.41) is 1.77. The first kappa shape index (κ1) is 19.4. The van der Waals surface area contributed by atoms with Crippen molar-refractivity contribution in [3.8, 4) is 0 Å². The summed E-state index contributed by atoms with van der Waals surface area (Å²) in [6.45, 7) is 16.5. The maximum atomic E-state index is 2.56. The summed E-state index contributed by atoms with van der Waals surface area (Å²) in [5.41, 5.74) is 0. The summed E-state index contributed by atoms with van der Waals surface area (Å²) in [6, 6.07) is 0. The number of rotatable bonds is 3. The van der Waals surface area contributed by atoms with Gasteiger partial charge in [-0.2, -0.15) is 11.8 Å². The van der Waals surface area contributed by atoms with Crippen LogP contribution in [0.15, 0.2) is 0 Å². The average Bonchev–Trinajstić information content (AvgIpc) is 2.48. The molecule has 0 nitrogen and oxygen atoms in total. The zero-order valence-corrected chi connectivity index (χ0v) is 16.5. The second-order valence-corrected chi connectivity index (χ2v) is 9.36. The van der Waals surface area contributed by atoms with E-state index in [1.807, 2.05) is 13.8 Å². The van der Waals surface area contributed by atoms with Gasteiger partial charge in [-0.3, -0.25) is 0 Å². The quantitative estimate of drug-likeness (QED) is 0.539. The van der Waals surface area contributed by atoms with Crippen LogP contribution in [0.5, 0.6) is 0 Å². The zero-order chi connectivity index (χ0) is 16.0. The fourth-order valence-electron chi connectivity index (χ4n) is 4.79. The molecule has 0 radical (unpaired) electrons. The Balaban J connectivity index is 0.00000106. The lowest BCUT2D eigenvalue weighted by atomic mass is 9.66. The Morgan fingerprint density at radius 3 is 1.90 bits per heavy atom. The van der Waals surface area contributed by atoms with Gasteiger partial charge in [-0.15, -0.1) is 0 Å². The molecule has 0 bridgehead atoms. The Bertz CT molecular complexity index is 275. The summed E-state index contributed by atoms with van der Waals surface area (Å²) < 4.78 is 0. The Morgan fingerprint density at radius 2 is 1.33 bits per heavy atom. The van der Waals surface area contributed by atoms with Gasteiger partial charge in [0.2, 0.25) is 0 Å². The van der Waals surface area contributed by atoms with Crippen molar-refractivity contribution >= 4 is 11.8 Å². The van der Waals surface area contributed by atoms with Gasteiger partial charge in [-0.05, 0) is 48.9 Å². The van der Waals surface area contributed by atoms with Gasteiger partial charge in [-0.1, -0.05) is 67.7 Å². The van der Waals surface area contributed by atoms with E-state index in [1.54, 1.807) is 0 Å². The van der Waals surface area contributed by atoms with E-state index in [1.165, 1.54) is 38.5 Å². The molecular weight excluding hydrogens is 272 g/mol. The second kappa shape index (κ2) is 9.48. The average molecular weight is 313 g/mol. The number of hydrogen-bond donors (Lipinski definition) is 0. The molecule has 1 aliphatic heterocycles. The first-order valence-corrected chi connectivity index (χ1v) is 10.6. The fraction of sp³-hybridized carbons (Fsp3) is 1.00. The molecule has 2 aliphatic rings. The smallest absolute Gasteiger partial charge is 0.00523 e. The zero-order valence-electron chi connectivity index (χ0n) is 15.7. The lowest BCUT2D eigenvalue weighted by Gasteiger charge is -2.43. The molecule has 2 fully saturated rings. The standard InChI is InChI=1S/C18H34S.C2H6/c1-12-8-6-7-9-17(12)14(3)15(4)18-11-10-13(2)19-16(18)5;1-2/h12-18H,6-11H2,1-5H3;1-2H3. The molecule has 1 heteroatoms. The summed E-state index contributed by atoms with van der Waals surface area (Å²) >= 11 is 2.24. The summed E-state index contributed by atoms with van der Waals surface area (Å²) in [6.07, 6.45) is 8.86. The molecule has 1 saturated carbocycles. The van der Waals surface area contributed by atoms with Crippen molar-refractivity contribution in [3.63, 3.8) is 0 Å². The van der Waals surface area contributed by atoms with E-state index in [0.29, 0.717) is 0 Å². The van der Waals surface area contributed by atoms with Gasteiger partial charge < -0.3 is 0 Å². The van der Waals surface area contributed by atoms with Crippen molar-refractivity contribution in [2.45, 2.75) is 97.5 Å². The molecule has 0 aromatic heterocycles. The first-order chi connectivity index (χ1) is 10.0. The topological polar surface area (TPSA) is 0 Å². The molecule has 0 amide bonds. The molecule has 21 heavy (non-hydrogen) atoms. The van der Waals surface area contributed by atoms with E-state index < -0.39 is 0 Å². The van der Waals surface area contributed by atoms with Crippen LogP contribution >= 0.6 is 11.8 Å². The molecular formula is C20H40S. The van der Waals surface area contributed by atoms with Crippen LogP contribution in [0.4, 0.5) is 0 Å². The fourth-order valence-corrected chi connectivity index (χ4v) is 6.38. The van der Waals surface area contributed by atoms with Crippen molar-refractivity contribution in [2.75, 3.05) is 0 Å². The maximum Gasteiger partial charge on any atom is 0.00523 e. The van der Waals surface area contributed by atoms with Crippen molar-refractivity contribution in [3.05, 3.63) is 0 Å². The molecule has 0 aromatic rings. The molecule has 0 aromatic carbocycles. The van der Waals surface area contributed by atoms with Crippen LogP contribution in [-0.2, 0) is 0 Å². The first-order valence-electron chi connectivity index (χ1n) is 9.66. The highest BCUT2D eigenvalue weighted by Crippen LogP contribution is 2.45. The Hall–Kier alpha value is 0.350. The van der Waals surface area contributed by atoms with Gasteiger partial charge in [-0.25, -0.2) is 0 Å². The molecule has 0 N–H and O–H groups in total. The van der Waals surface area contributed by atoms with Gasteiger partial charge in [0.15, 0.2) is 0 Å². The van der Waals surface area contributed by atoms with Crippen LogP contribution < -0.4 is 0 Å². The predicted octanol–water partition coefficient (Wildman–Crippen LogP) is 7.03. The van der Waals surface area contributed by atoms with E-state index in [-0.39, 0.29) is 0 Å². The monoisotopic (exact) mass is 312 g/mol. The van der Waals surface area contributed by atoms with Gasteiger partial charge in [0, 0.05) is 10.5 Å². The van der Waals surface area contributed by atoms with E-state index in [9.17, 15) is 0 Å². The third kappa shape index (κ3) is 5.19. The molecule has 0 spiro atoms. The molecule has 7 unspecified atom stereocenters. The van der Waals surface area contributed by atoms with E-state index in [2.05, 4.69) is 46.4 Å². The minimum absolute atomic E-state index is 0.875. The SMILES string of the molecule is CC.CC1CCC(C(C)C(C)C2CCCCC2C)C(C)S1. The van der Waals surface area contributed by atoms with Crippen LogP contribution in [-0.4, -0.2) is 10.5 Å². The molecule has 126 valence electrons. The van der Waals surface area contributed by atoms with Gasteiger partial charge in [0.25, 0.3) is 0 Å². The van der Waals surface area contributed by atoms with E-state index in [4.69, 9.17) is 0 Å². The van der Waals surface area contributed by atoms with Crippen LogP contribution in [0.3, 0.4) is 0 Å². The van der Waals surface area contributed by atoms with Gasteiger partial charge >= 0.3 is 0 Å². The summed E-state index contributed by atoms with van der Waals surface area (Å²) in [4.78, 5) is 0. The third-order valence-electron chi connectivity index (χ3n) is 6.31. The molecule has 2 rings (SSSR count). The third-order valence-corrected chi connectivity index (χ3v) is 7.79. The molecule has 1 aliphatic carbocycles. The highest BCUT2D eigenvalue weighted by Gasteiger charge is 2.36. The molecule has 1 saturated heterocycles. The Kier molecular flexibility index (Phi) is 8.76. The van der Waals surface area contributed by atoms with Crippen LogP contribution in [0.1, 0.15) is 87.0 Å². The van der Waals surface area contributed by atoms with Gasteiger partial charge in [0.05, 0.1) is 0 Å². The minimum Gasteiger partial charge on any atom is -0.155 e. The summed E-state index contributed by atoms with van der Waals surface area (Å²) in [7, 11) is 0. The second-order valence-electron chi connectivity index (χ2n) is 7.54. The molecule has 1 heterocycles. The lowest BCUT2D eigenvalue weighted by molar-refractivity contribution is 0.108. The molecule has 7 atom stereocenters. The highest BCUT2D eigenvalue weighted by molar-refractivity contribution is 8.00. The van der Waals surface area contributed by atoms with E-state index in [0.717, 1.165) is 40.1 Å². The van der Waals surface area contributed by atoms with Crippen molar-refractivity contribution < 1.29 is 0 Å². The minimum atomic E-state index is 0.875. The number of hydrogen-bond acceptors (Lipinski definition) is 1. The predicted molar refractivity (Wildman–Crippen MR) is 100 cm³/mol. The van der Waals surface area contributed by atoms with E-state index >= 15 is 0 Å². The van der Waals surface area contributed by atoms with Crippen molar-refractivity contribution in [1.29, 1.82) is 0 Å².